The first-order chi connectivity index (χ1) is 7.43. The van der Waals surface area contributed by atoms with Gasteiger partial charge in [0.1, 0.15) is 5.82 Å². The Bertz CT molecular complexity index is 411. The van der Waals surface area contributed by atoms with E-state index < -0.39 is 5.82 Å². The molecule has 0 N–H and O–H groups in total. The first-order valence-electron chi connectivity index (χ1n) is 4.77. The average molecular weight is 286 g/mol. The number of rotatable bonds is 3. The van der Waals surface area contributed by atoms with E-state index in [1.165, 1.54) is 11.0 Å². The zero-order chi connectivity index (χ0) is 12.3. The molecule has 86 valence electrons. The second-order valence-electron chi connectivity index (χ2n) is 3.71. The summed E-state index contributed by atoms with van der Waals surface area (Å²) in [6, 6.07) is 4.46. The van der Waals surface area contributed by atoms with Crippen molar-refractivity contribution >= 4 is 21.8 Å². The van der Waals surface area contributed by atoms with Gasteiger partial charge in [-0.15, -0.1) is 0 Å². The van der Waals surface area contributed by atoms with Crippen LogP contribution in [-0.2, 0) is 0 Å². The van der Waals surface area contributed by atoms with Crippen LogP contribution >= 0.6 is 15.9 Å². The number of hydrogen-bond acceptors (Lipinski definition) is 1. The summed E-state index contributed by atoms with van der Waals surface area (Å²) in [5, 5.41) is 0. The standard InChI is InChI=1S/C12H13BrFNO/c1-8(2)7-15(3)12(16)11-9(13)5-4-6-10(11)14/h4-6H,1,7H2,2-3H3. The fourth-order valence-electron chi connectivity index (χ4n) is 1.37. The summed E-state index contributed by atoms with van der Waals surface area (Å²) in [6.07, 6.45) is 0. The van der Waals surface area contributed by atoms with Crippen LogP contribution in [0.2, 0.25) is 0 Å². The van der Waals surface area contributed by atoms with Gasteiger partial charge in [0.25, 0.3) is 5.91 Å². The maximum atomic E-state index is 13.5. The van der Waals surface area contributed by atoms with Gasteiger partial charge in [0.05, 0.1) is 5.56 Å². The number of amides is 1. The quantitative estimate of drug-likeness (QED) is 0.781. The van der Waals surface area contributed by atoms with Gasteiger partial charge in [0.2, 0.25) is 0 Å². The van der Waals surface area contributed by atoms with Crippen molar-refractivity contribution in [1.29, 1.82) is 0 Å². The number of halogens is 2. The molecule has 1 aromatic rings. The highest BCUT2D eigenvalue weighted by atomic mass is 79.9. The zero-order valence-electron chi connectivity index (χ0n) is 9.26. The van der Waals surface area contributed by atoms with Crippen molar-refractivity contribution in [2.75, 3.05) is 13.6 Å². The summed E-state index contributed by atoms with van der Waals surface area (Å²) in [6.45, 7) is 5.95. The summed E-state index contributed by atoms with van der Waals surface area (Å²) in [5.74, 6) is -0.874. The highest BCUT2D eigenvalue weighted by Crippen LogP contribution is 2.21. The molecule has 1 rings (SSSR count). The van der Waals surface area contributed by atoms with Crippen LogP contribution in [-0.4, -0.2) is 24.4 Å². The largest absolute Gasteiger partial charge is 0.338 e. The molecule has 2 nitrogen and oxygen atoms in total. The van der Waals surface area contributed by atoms with Crippen LogP contribution in [0.3, 0.4) is 0 Å². The number of hydrogen-bond donors (Lipinski definition) is 0. The number of likely N-dealkylation sites (N-methyl/N-ethyl adjacent to an activating group) is 1. The number of benzene rings is 1. The van der Waals surface area contributed by atoms with Gasteiger partial charge in [0.15, 0.2) is 0 Å². The lowest BCUT2D eigenvalue weighted by molar-refractivity contribution is 0.0801. The van der Waals surface area contributed by atoms with Crippen molar-refractivity contribution in [1.82, 2.24) is 4.90 Å². The van der Waals surface area contributed by atoms with Crippen molar-refractivity contribution in [2.45, 2.75) is 6.92 Å². The summed E-state index contributed by atoms with van der Waals surface area (Å²) < 4.78 is 14.0. The van der Waals surface area contributed by atoms with E-state index in [4.69, 9.17) is 0 Å². The molecular formula is C12H13BrFNO. The topological polar surface area (TPSA) is 20.3 Å². The van der Waals surface area contributed by atoms with Gasteiger partial charge in [-0.3, -0.25) is 4.79 Å². The Hall–Kier alpha value is -1.16. The number of carbonyl (C=O) groups excluding carboxylic acids is 1. The van der Waals surface area contributed by atoms with Crippen molar-refractivity contribution < 1.29 is 9.18 Å². The normalized spacial score (nSPS) is 10.0. The first-order valence-corrected chi connectivity index (χ1v) is 5.56. The maximum Gasteiger partial charge on any atom is 0.258 e. The molecule has 0 saturated carbocycles. The van der Waals surface area contributed by atoms with E-state index in [0.29, 0.717) is 11.0 Å². The third-order valence-corrected chi connectivity index (χ3v) is 2.69. The highest BCUT2D eigenvalue weighted by molar-refractivity contribution is 9.10. The molecule has 0 spiro atoms. The van der Waals surface area contributed by atoms with E-state index in [1.54, 1.807) is 19.2 Å². The Kier molecular flexibility index (Phi) is 4.24. The Balaban J connectivity index is 3.00. The van der Waals surface area contributed by atoms with Gasteiger partial charge in [-0.2, -0.15) is 0 Å². The van der Waals surface area contributed by atoms with Gasteiger partial charge in [-0.1, -0.05) is 18.2 Å². The molecule has 0 aliphatic heterocycles. The van der Waals surface area contributed by atoms with Crippen LogP contribution in [0.5, 0.6) is 0 Å². The van der Waals surface area contributed by atoms with E-state index in [1.807, 2.05) is 6.92 Å². The van der Waals surface area contributed by atoms with Crippen LogP contribution in [0.4, 0.5) is 4.39 Å². The monoisotopic (exact) mass is 285 g/mol. The lowest BCUT2D eigenvalue weighted by atomic mass is 10.2. The van der Waals surface area contributed by atoms with E-state index >= 15 is 0 Å². The second kappa shape index (κ2) is 5.25. The Labute approximate surface area is 103 Å². The van der Waals surface area contributed by atoms with Gasteiger partial charge >= 0.3 is 0 Å². The predicted octanol–water partition coefficient (Wildman–Crippen LogP) is 3.24. The second-order valence-corrected chi connectivity index (χ2v) is 4.57. The minimum Gasteiger partial charge on any atom is -0.338 e. The third kappa shape index (κ3) is 2.92. The first kappa shape index (κ1) is 12.9. The molecule has 0 aliphatic carbocycles. The molecule has 0 saturated heterocycles. The summed E-state index contributed by atoms with van der Waals surface area (Å²) in [7, 11) is 1.62. The zero-order valence-corrected chi connectivity index (χ0v) is 10.8. The molecule has 0 atom stereocenters. The molecule has 0 radical (unpaired) electrons. The molecule has 16 heavy (non-hydrogen) atoms. The highest BCUT2D eigenvalue weighted by Gasteiger charge is 2.18. The Morgan fingerprint density at radius 3 is 2.69 bits per heavy atom. The minimum absolute atomic E-state index is 0.0613. The fourth-order valence-corrected chi connectivity index (χ4v) is 1.88. The van der Waals surface area contributed by atoms with E-state index in [-0.39, 0.29) is 11.5 Å². The third-order valence-electron chi connectivity index (χ3n) is 2.03. The lowest BCUT2D eigenvalue weighted by Gasteiger charge is -2.18. The van der Waals surface area contributed by atoms with Gasteiger partial charge in [-0.05, 0) is 35.0 Å². The SMILES string of the molecule is C=C(C)CN(C)C(=O)c1c(F)cccc1Br. The van der Waals surface area contributed by atoms with Gasteiger partial charge in [-0.25, -0.2) is 4.39 Å². The molecule has 0 aliphatic rings. The van der Waals surface area contributed by atoms with E-state index in [2.05, 4.69) is 22.5 Å². The number of carbonyl (C=O) groups is 1. The van der Waals surface area contributed by atoms with E-state index in [9.17, 15) is 9.18 Å². The van der Waals surface area contributed by atoms with Crippen LogP contribution < -0.4 is 0 Å². The minimum atomic E-state index is -0.520. The molecule has 1 aromatic carbocycles. The average Bonchev–Trinajstić information content (AvgIpc) is 2.16. The lowest BCUT2D eigenvalue weighted by Crippen LogP contribution is -2.29. The molecule has 0 unspecified atom stereocenters. The van der Waals surface area contributed by atoms with Crippen molar-refractivity contribution in [3.05, 3.63) is 46.2 Å². The predicted molar refractivity (Wildman–Crippen MR) is 65.9 cm³/mol. The molecular weight excluding hydrogens is 273 g/mol. The molecule has 4 heteroatoms. The molecule has 0 aromatic heterocycles. The molecule has 0 fully saturated rings. The van der Waals surface area contributed by atoms with Crippen LogP contribution in [0, 0.1) is 5.82 Å². The molecule has 0 heterocycles. The smallest absolute Gasteiger partial charge is 0.258 e. The number of nitrogens with zero attached hydrogens (tertiary/aromatic N) is 1. The van der Waals surface area contributed by atoms with Crippen molar-refractivity contribution in [3.63, 3.8) is 0 Å². The summed E-state index contributed by atoms with van der Waals surface area (Å²) >= 11 is 3.17. The molecule has 0 bridgehead atoms. The Morgan fingerprint density at radius 1 is 1.56 bits per heavy atom. The van der Waals surface area contributed by atoms with Gasteiger partial charge < -0.3 is 4.90 Å². The maximum absolute atomic E-state index is 13.5. The van der Waals surface area contributed by atoms with Crippen LogP contribution in [0.15, 0.2) is 34.8 Å². The summed E-state index contributed by atoms with van der Waals surface area (Å²) in [5.41, 5.74) is 0.912. The summed E-state index contributed by atoms with van der Waals surface area (Å²) in [4.78, 5) is 13.4. The van der Waals surface area contributed by atoms with Crippen molar-refractivity contribution in [3.8, 4) is 0 Å². The van der Waals surface area contributed by atoms with Crippen molar-refractivity contribution in [2.24, 2.45) is 0 Å². The van der Waals surface area contributed by atoms with Crippen LogP contribution in [0.1, 0.15) is 17.3 Å². The fraction of sp³-hybridized carbons (Fsp3) is 0.250. The Morgan fingerprint density at radius 2 is 2.19 bits per heavy atom. The molecule has 1 amide bonds. The van der Waals surface area contributed by atoms with E-state index in [0.717, 1.165) is 5.57 Å². The van der Waals surface area contributed by atoms with Crippen LogP contribution in [0.25, 0.3) is 0 Å². The van der Waals surface area contributed by atoms with Gasteiger partial charge in [0, 0.05) is 18.1 Å².